The van der Waals surface area contributed by atoms with Crippen LogP contribution in [0.3, 0.4) is 0 Å². The fourth-order valence-corrected chi connectivity index (χ4v) is 3.00. The molecular weight excluding hydrogens is 344 g/mol. The van der Waals surface area contributed by atoms with Gasteiger partial charge in [0.25, 0.3) is 10.0 Å². The maximum atomic E-state index is 12.2. The van der Waals surface area contributed by atoms with E-state index in [0.717, 1.165) is 0 Å². The Morgan fingerprint density at radius 2 is 2.05 bits per heavy atom. The molecule has 1 aromatic heterocycles. The Kier molecular flexibility index (Phi) is 4.01. The summed E-state index contributed by atoms with van der Waals surface area (Å²) in [4.78, 5) is 7.89. The zero-order chi connectivity index (χ0) is 14.8. The van der Waals surface area contributed by atoms with Crippen LogP contribution in [0.2, 0.25) is 0 Å². The average molecular weight is 353 g/mol. The van der Waals surface area contributed by atoms with Crippen molar-refractivity contribution >= 4 is 31.8 Å². The molecule has 1 aromatic carbocycles. The molecule has 0 radical (unpaired) electrons. The predicted octanol–water partition coefficient (Wildman–Crippen LogP) is 2.22. The number of benzene rings is 1. The summed E-state index contributed by atoms with van der Waals surface area (Å²) in [7, 11) is -3.76. The van der Waals surface area contributed by atoms with Gasteiger partial charge >= 0.3 is 0 Å². The van der Waals surface area contributed by atoms with Crippen LogP contribution in [0.25, 0.3) is 0 Å². The van der Waals surface area contributed by atoms with Crippen LogP contribution in [0.1, 0.15) is 11.1 Å². The molecule has 102 valence electrons. The fourth-order valence-electron chi connectivity index (χ4n) is 1.58. The molecule has 0 fully saturated rings. The highest BCUT2D eigenvalue weighted by molar-refractivity contribution is 9.10. The summed E-state index contributed by atoms with van der Waals surface area (Å²) in [5.41, 5.74) is 0.895. The summed E-state index contributed by atoms with van der Waals surface area (Å²) in [5, 5.41) is 8.78. The van der Waals surface area contributed by atoms with Crippen molar-refractivity contribution in [2.24, 2.45) is 0 Å². The van der Waals surface area contributed by atoms with E-state index in [9.17, 15) is 8.42 Å². The zero-order valence-electron chi connectivity index (χ0n) is 10.3. The van der Waals surface area contributed by atoms with E-state index in [4.69, 9.17) is 5.26 Å². The predicted molar refractivity (Wildman–Crippen MR) is 76.4 cm³/mol. The molecule has 0 spiro atoms. The molecule has 0 aliphatic carbocycles. The molecule has 0 atom stereocenters. The first-order valence-corrected chi connectivity index (χ1v) is 7.71. The Hall–Kier alpha value is -1.98. The van der Waals surface area contributed by atoms with Crippen molar-refractivity contribution in [2.45, 2.75) is 11.8 Å². The van der Waals surface area contributed by atoms with E-state index in [1.54, 1.807) is 6.92 Å². The number of rotatable bonds is 3. The Balaban J connectivity index is 2.36. The number of halogens is 1. The summed E-state index contributed by atoms with van der Waals surface area (Å²) in [6.07, 6.45) is 2.70. The van der Waals surface area contributed by atoms with E-state index in [2.05, 4.69) is 30.6 Å². The van der Waals surface area contributed by atoms with Gasteiger partial charge in [-0.25, -0.2) is 18.4 Å². The van der Waals surface area contributed by atoms with E-state index in [0.29, 0.717) is 15.7 Å². The van der Waals surface area contributed by atoms with E-state index < -0.39 is 10.0 Å². The maximum Gasteiger partial charge on any atom is 0.263 e. The van der Waals surface area contributed by atoms with Crippen molar-refractivity contribution in [3.63, 3.8) is 0 Å². The van der Waals surface area contributed by atoms with Crippen LogP contribution < -0.4 is 4.72 Å². The van der Waals surface area contributed by atoms with Gasteiger partial charge in [-0.2, -0.15) is 5.26 Å². The number of nitrogens with one attached hydrogen (secondary N) is 1. The second-order valence-electron chi connectivity index (χ2n) is 3.92. The van der Waals surface area contributed by atoms with E-state index >= 15 is 0 Å². The molecule has 2 rings (SSSR count). The lowest BCUT2D eigenvalue weighted by Gasteiger charge is -2.09. The molecule has 8 heteroatoms. The lowest BCUT2D eigenvalue weighted by Crippen LogP contribution is -2.15. The van der Waals surface area contributed by atoms with Gasteiger partial charge in [-0.15, -0.1) is 0 Å². The number of sulfonamides is 1. The van der Waals surface area contributed by atoms with Gasteiger partial charge in [-0.1, -0.05) is 0 Å². The highest BCUT2D eigenvalue weighted by Crippen LogP contribution is 2.19. The monoisotopic (exact) mass is 352 g/mol. The van der Waals surface area contributed by atoms with Crippen molar-refractivity contribution < 1.29 is 8.42 Å². The lowest BCUT2D eigenvalue weighted by atomic mass is 10.2. The van der Waals surface area contributed by atoms with Gasteiger partial charge in [0, 0.05) is 0 Å². The molecule has 0 unspecified atom stereocenters. The Bertz CT molecular complexity index is 782. The third kappa shape index (κ3) is 3.12. The van der Waals surface area contributed by atoms with E-state index in [1.807, 2.05) is 6.07 Å². The zero-order valence-corrected chi connectivity index (χ0v) is 12.7. The summed E-state index contributed by atoms with van der Waals surface area (Å²) in [6.45, 7) is 1.63. The van der Waals surface area contributed by atoms with Crippen molar-refractivity contribution in [2.75, 3.05) is 4.72 Å². The Morgan fingerprint density at radius 3 is 2.60 bits per heavy atom. The first kappa shape index (κ1) is 14.4. The standard InChI is InChI=1S/C12H9BrN4O2S/c1-8-4-9(5-14)2-3-10(8)20(18,19)17-12-7-15-11(13)6-16-12/h2-4,6-7H,1H3,(H,16,17). The molecule has 20 heavy (non-hydrogen) atoms. The van der Waals surface area contributed by atoms with E-state index in [1.165, 1.54) is 30.6 Å². The highest BCUT2D eigenvalue weighted by Gasteiger charge is 2.17. The fraction of sp³-hybridized carbons (Fsp3) is 0.0833. The number of aryl methyl sites for hydroxylation is 1. The first-order valence-electron chi connectivity index (χ1n) is 5.43. The molecule has 0 aliphatic rings. The van der Waals surface area contributed by atoms with Gasteiger partial charge in [-0.05, 0) is 46.6 Å². The minimum absolute atomic E-state index is 0.0984. The number of nitriles is 1. The molecule has 0 saturated heterocycles. The number of aromatic nitrogens is 2. The van der Waals surface area contributed by atoms with Crippen molar-refractivity contribution in [1.82, 2.24) is 9.97 Å². The van der Waals surface area contributed by atoms with Crippen LogP contribution >= 0.6 is 15.9 Å². The summed E-state index contributed by atoms with van der Waals surface area (Å²) >= 11 is 3.12. The van der Waals surface area contributed by atoms with Crippen molar-refractivity contribution in [1.29, 1.82) is 5.26 Å². The second kappa shape index (κ2) is 5.56. The number of hydrogen-bond donors (Lipinski definition) is 1. The van der Waals surface area contributed by atoms with Crippen molar-refractivity contribution in [3.05, 3.63) is 46.3 Å². The van der Waals surface area contributed by atoms with Crippen LogP contribution in [0, 0.1) is 18.3 Å². The van der Waals surface area contributed by atoms with Crippen LogP contribution in [-0.4, -0.2) is 18.4 Å². The third-order valence-electron chi connectivity index (χ3n) is 2.45. The molecule has 0 amide bonds. The smallest absolute Gasteiger partial charge is 0.262 e. The molecular formula is C12H9BrN4O2S. The molecule has 1 N–H and O–H groups in total. The quantitative estimate of drug-likeness (QED) is 0.913. The minimum Gasteiger partial charge on any atom is -0.262 e. The topological polar surface area (TPSA) is 95.7 Å². The molecule has 1 heterocycles. The van der Waals surface area contributed by atoms with Crippen LogP contribution in [0.15, 0.2) is 40.1 Å². The molecule has 0 saturated carbocycles. The van der Waals surface area contributed by atoms with Gasteiger partial charge in [0.05, 0.1) is 28.9 Å². The van der Waals surface area contributed by atoms with Crippen LogP contribution in [0.5, 0.6) is 0 Å². The first-order chi connectivity index (χ1) is 9.42. The Labute approximate surface area is 124 Å². The van der Waals surface area contributed by atoms with Crippen molar-refractivity contribution in [3.8, 4) is 6.07 Å². The Morgan fingerprint density at radius 1 is 1.30 bits per heavy atom. The summed E-state index contributed by atoms with van der Waals surface area (Å²) < 4.78 is 27.3. The average Bonchev–Trinajstić information content (AvgIpc) is 2.40. The molecule has 6 nitrogen and oxygen atoms in total. The highest BCUT2D eigenvalue weighted by atomic mass is 79.9. The minimum atomic E-state index is -3.76. The normalized spacial score (nSPS) is 10.8. The SMILES string of the molecule is Cc1cc(C#N)ccc1S(=O)(=O)Nc1cnc(Br)cn1. The van der Waals surface area contributed by atoms with Gasteiger partial charge in [0.1, 0.15) is 4.60 Å². The number of hydrogen-bond acceptors (Lipinski definition) is 5. The van der Waals surface area contributed by atoms with E-state index in [-0.39, 0.29) is 10.7 Å². The van der Waals surface area contributed by atoms with Gasteiger partial charge in [0.2, 0.25) is 0 Å². The number of nitrogens with zero attached hydrogens (tertiary/aromatic N) is 3. The lowest BCUT2D eigenvalue weighted by molar-refractivity contribution is 0.600. The maximum absolute atomic E-state index is 12.2. The van der Waals surface area contributed by atoms with Crippen LogP contribution in [-0.2, 0) is 10.0 Å². The third-order valence-corrected chi connectivity index (χ3v) is 4.38. The summed E-state index contributed by atoms with van der Waals surface area (Å²) in [5.74, 6) is 0.122. The second-order valence-corrected chi connectivity index (χ2v) is 6.39. The molecule has 0 bridgehead atoms. The summed E-state index contributed by atoms with van der Waals surface area (Å²) in [6, 6.07) is 6.32. The molecule has 0 aliphatic heterocycles. The largest absolute Gasteiger partial charge is 0.263 e. The van der Waals surface area contributed by atoms with Gasteiger partial charge in [0.15, 0.2) is 5.82 Å². The van der Waals surface area contributed by atoms with Gasteiger partial charge < -0.3 is 0 Å². The molecule has 2 aromatic rings. The van der Waals surface area contributed by atoms with Crippen LogP contribution in [0.4, 0.5) is 5.82 Å². The van der Waals surface area contributed by atoms with Gasteiger partial charge in [-0.3, -0.25) is 4.72 Å². The number of anilines is 1.